The van der Waals surface area contributed by atoms with E-state index < -0.39 is 22.0 Å². The molecule has 0 saturated carbocycles. The molecule has 2 rings (SSSR count). The second kappa shape index (κ2) is 13.1. The monoisotopic (exact) mass is 481 g/mol. The zero-order chi connectivity index (χ0) is 24.4. The number of amides is 2. The number of unbranched alkanes of at least 4 members (excludes halogenated alkanes) is 1. The van der Waals surface area contributed by atoms with Crippen LogP contribution in [0.25, 0.3) is 0 Å². The van der Waals surface area contributed by atoms with Gasteiger partial charge >= 0.3 is 0 Å². The van der Waals surface area contributed by atoms with E-state index in [1.54, 1.807) is 12.1 Å². The molecule has 1 aliphatic rings. The zero-order valence-corrected chi connectivity index (χ0v) is 21.1. The predicted molar refractivity (Wildman–Crippen MR) is 128 cm³/mol. The minimum atomic E-state index is -3.71. The number of hydrogen-bond donors (Lipinski definition) is 2. The van der Waals surface area contributed by atoms with E-state index in [0.717, 1.165) is 25.7 Å². The van der Waals surface area contributed by atoms with E-state index >= 15 is 0 Å². The van der Waals surface area contributed by atoms with Crippen molar-refractivity contribution in [3.05, 3.63) is 29.8 Å². The number of carbonyl (C=O) groups excluding carboxylic acids is 2. The van der Waals surface area contributed by atoms with Crippen LogP contribution in [-0.4, -0.2) is 63.4 Å². The van der Waals surface area contributed by atoms with Crippen molar-refractivity contribution in [2.75, 3.05) is 32.8 Å². The smallest absolute Gasteiger partial charge is 0.251 e. The number of morpholine rings is 1. The van der Waals surface area contributed by atoms with Gasteiger partial charge in [0.05, 0.1) is 18.1 Å². The van der Waals surface area contributed by atoms with Crippen LogP contribution in [0.15, 0.2) is 29.2 Å². The van der Waals surface area contributed by atoms with Crippen molar-refractivity contribution in [2.45, 2.75) is 64.3 Å². The molecule has 9 heteroatoms. The van der Waals surface area contributed by atoms with Crippen LogP contribution in [0.5, 0.6) is 0 Å². The number of carbonyl (C=O) groups is 2. The van der Waals surface area contributed by atoms with Gasteiger partial charge in [-0.2, -0.15) is 4.31 Å². The van der Waals surface area contributed by atoms with Crippen LogP contribution >= 0.6 is 0 Å². The van der Waals surface area contributed by atoms with E-state index in [4.69, 9.17) is 4.74 Å². The Labute approximate surface area is 198 Å². The Hall–Kier alpha value is -1.97. The summed E-state index contributed by atoms with van der Waals surface area (Å²) in [6.45, 7) is 9.86. The van der Waals surface area contributed by atoms with E-state index in [9.17, 15) is 18.0 Å². The van der Waals surface area contributed by atoms with Crippen molar-refractivity contribution in [3.63, 3.8) is 0 Å². The first-order valence-corrected chi connectivity index (χ1v) is 13.4. The quantitative estimate of drug-likeness (QED) is 0.478. The molecule has 2 amide bonds. The maximum absolute atomic E-state index is 12.9. The third kappa shape index (κ3) is 7.79. The number of nitrogens with one attached hydrogen (secondary N) is 2. The minimum Gasteiger partial charge on any atom is -0.379 e. The fourth-order valence-electron chi connectivity index (χ4n) is 3.79. The van der Waals surface area contributed by atoms with Crippen molar-refractivity contribution in [1.82, 2.24) is 14.9 Å². The molecule has 2 N–H and O–H groups in total. The molecule has 2 unspecified atom stereocenters. The molecular weight excluding hydrogens is 442 g/mol. The van der Waals surface area contributed by atoms with Gasteiger partial charge in [-0.25, -0.2) is 8.42 Å². The van der Waals surface area contributed by atoms with E-state index in [1.807, 2.05) is 13.8 Å². The third-order valence-electron chi connectivity index (χ3n) is 6.05. The Bertz CT molecular complexity index is 882. The van der Waals surface area contributed by atoms with Gasteiger partial charge in [-0.1, -0.05) is 53.0 Å². The second-order valence-corrected chi connectivity index (χ2v) is 10.8. The first-order valence-electron chi connectivity index (χ1n) is 12.0. The van der Waals surface area contributed by atoms with E-state index in [0.29, 0.717) is 25.7 Å². The average molecular weight is 482 g/mol. The molecule has 186 valence electrons. The molecule has 1 aromatic rings. The number of hydrogen-bond acceptors (Lipinski definition) is 5. The van der Waals surface area contributed by atoms with Crippen LogP contribution < -0.4 is 10.6 Å². The molecule has 8 nitrogen and oxygen atoms in total. The summed E-state index contributed by atoms with van der Waals surface area (Å²) >= 11 is 0. The van der Waals surface area contributed by atoms with E-state index in [1.165, 1.54) is 16.4 Å². The van der Waals surface area contributed by atoms with Crippen LogP contribution in [-0.2, 0) is 19.6 Å². The summed E-state index contributed by atoms with van der Waals surface area (Å²) in [5.74, 6) is -0.393. The standard InChI is InChI=1S/C24H39N3O5S/c1-5-7-9-19(6-2)17-25-24(29)22(18(3)4)26-23(28)20-10-8-11-21(16-20)33(30,31)27-12-14-32-15-13-27/h8,10-11,16,18-19,22H,5-7,9,12-15,17H2,1-4H3,(H,25,29)(H,26,28). The Morgan fingerprint density at radius 3 is 2.45 bits per heavy atom. The Morgan fingerprint density at radius 2 is 1.85 bits per heavy atom. The molecule has 1 saturated heterocycles. The first kappa shape index (κ1) is 27.3. The number of benzene rings is 1. The highest BCUT2D eigenvalue weighted by Gasteiger charge is 2.28. The van der Waals surface area contributed by atoms with Gasteiger partial charge in [-0.3, -0.25) is 9.59 Å². The highest BCUT2D eigenvalue weighted by molar-refractivity contribution is 7.89. The lowest BCUT2D eigenvalue weighted by atomic mass is 9.98. The molecule has 1 aromatic carbocycles. The van der Waals surface area contributed by atoms with Gasteiger partial charge in [0.15, 0.2) is 0 Å². The fourth-order valence-corrected chi connectivity index (χ4v) is 5.25. The molecule has 1 aliphatic heterocycles. The van der Waals surface area contributed by atoms with E-state index in [2.05, 4.69) is 24.5 Å². The molecule has 0 bridgehead atoms. The summed E-state index contributed by atoms with van der Waals surface area (Å²) in [4.78, 5) is 25.8. The fraction of sp³-hybridized carbons (Fsp3) is 0.667. The number of sulfonamides is 1. The number of ether oxygens (including phenoxy) is 1. The Kier molecular flexibility index (Phi) is 10.8. The molecule has 0 aliphatic carbocycles. The second-order valence-electron chi connectivity index (χ2n) is 8.90. The molecule has 1 heterocycles. The van der Waals surface area contributed by atoms with E-state index in [-0.39, 0.29) is 35.4 Å². The highest BCUT2D eigenvalue weighted by atomic mass is 32.2. The zero-order valence-electron chi connectivity index (χ0n) is 20.3. The Morgan fingerprint density at radius 1 is 1.15 bits per heavy atom. The molecular formula is C24H39N3O5S. The van der Waals surface area contributed by atoms with Crippen molar-refractivity contribution < 1.29 is 22.7 Å². The lowest BCUT2D eigenvalue weighted by Gasteiger charge is -2.26. The highest BCUT2D eigenvalue weighted by Crippen LogP contribution is 2.19. The summed E-state index contributed by atoms with van der Waals surface area (Å²) < 4.78 is 32.5. The number of nitrogens with zero attached hydrogens (tertiary/aromatic N) is 1. The van der Waals surface area contributed by atoms with Gasteiger partial charge in [-0.15, -0.1) is 0 Å². The van der Waals surface area contributed by atoms with Gasteiger partial charge in [0.25, 0.3) is 5.91 Å². The largest absolute Gasteiger partial charge is 0.379 e. The van der Waals surface area contributed by atoms with Gasteiger partial charge < -0.3 is 15.4 Å². The summed E-state index contributed by atoms with van der Waals surface area (Å²) in [7, 11) is -3.71. The van der Waals surface area contributed by atoms with Crippen LogP contribution in [0.2, 0.25) is 0 Å². The number of rotatable bonds is 12. The lowest BCUT2D eigenvalue weighted by Crippen LogP contribution is -2.50. The summed E-state index contributed by atoms with van der Waals surface area (Å²) in [6, 6.07) is 5.25. The minimum absolute atomic E-state index is 0.0595. The van der Waals surface area contributed by atoms with Crippen LogP contribution in [0, 0.1) is 11.8 Å². The SMILES string of the molecule is CCCCC(CC)CNC(=O)C(NC(=O)c1cccc(S(=O)(=O)N2CCOCC2)c1)C(C)C. The average Bonchev–Trinajstić information content (AvgIpc) is 2.82. The molecule has 1 fully saturated rings. The molecule has 0 spiro atoms. The summed E-state index contributed by atoms with van der Waals surface area (Å²) in [6.07, 6.45) is 4.30. The van der Waals surface area contributed by atoms with Crippen molar-refractivity contribution in [3.8, 4) is 0 Å². The third-order valence-corrected chi connectivity index (χ3v) is 7.94. The van der Waals surface area contributed by atoms with Gasteiger partial charge in [0.1, 0.15) is 6.04 Å². The molecule has 0 radical (unpaired) electrons. The Balaban J connectivity index is 2.08. The van der Waals surface area contributed by atoms with Crippen LogP contribution in [0.4, 0.5) is 0 Å². The molecule has 33 heavy (non-hydrogen) atoms. The predicted octanol–water partition coefficient (Wildman–Crippen LogP) is 2.79. The normalized spacial score (nSPS) is 16.9. The molecule has 0 aromatic heterocycles. The maximum atomic E-state index is 12.9. The summed E-state index contributed by atoms with van der Waals surface area (Å²) in [5.41, 5.74) is 0.206. The summed E-state index contributed by atoms with van der Waals surface area (Å²) in [5, 5.41) is 5.79. The van der Waals surface area contributed by atoms with Crippen LogP contribution in [0.3, 0.4) is 0 Å². The molecule has 2 atom stereocenters. The van der Waals surface area contributed by atoms with Crippen molar-refractivity contribution in [2.24, 2.45) is 11.8 Å². The van der Waals surface area contributed by atoms with Crippen molar-refractivity contribution in [1.29, 1.82) is 0 Å². The van der Waals surface area contributed by atoms with Gasteiger partial charge in [0, 0.05) is 25.2 Å². The van der Waals surface area contributed by atoms with Gasteiger partial charge in [0.2, 0.25) is 15.9 Å². The topological polar surface area (TPSA) is 105 Å². The van der Waals surface area contributed by atoms with Crippen molar-refractivity contribution >= 4 is 21.8 Å². The lowest BCUT2D eigenvalue weighted by molar-refractivity contribution is -0.124. The van der Waals surface area contributed by atoms with Crippen LogP contribution in [0.1, 0.15) is 63.7 Å². The van der Waals surface area contributed by atoms with Gasteiger partial charge in [-0.05, 0) is 36.5 Å². The maximum Gasteiger partial charge on any atom is 0.251 e. The first-order chi connectivity index (χ1) is 15.7.